The molecule has 0 amide bonds. The first-order valence-corrected chi connectivity index (χ1v) is 16.9. The van der Waals surface area contributed by atoms with Gasteiger partial charge in [0.15, 0.2) is 0 Å². The monoisotopic (exact) mass is 629 g/mol. The van der Waals surface area contributed by atoms with Crippen LogP contribution in [0.2, 0.25) is 0 Å². The minimum Gasteiger partial charge on any atom is -0.311 e. The summed E-state index contributed by atoms with van der Waals surface area (Å²) in [6.45, 7) is 4.26. The highest BCUT2D eigenvalue weighted by Crippen LogP contribution is 2.38. The summed E-state index contributed by atoms with van der Waals surface area (Å²) in [6, 6.07) is 63.8. The zero-order valence-electron chi connectivity index (χ0n) is 27.6. The summed E-state index contributed by atoms with van der Waals surface area (Å²) in [5, 5.41) is 3.76. The standard InChI is InChI=1S/C46H35N3/c1-32-15-21-36(22-16-32)47(37-23-17-33(2)18-24-37)38-27-29-40(30-28-38)48-43-12-6-3-9-35(43)31-46(48)34-19-25-39(26-20-34)49-44-13-7-4-10-41(44)42-11-5-8-14-45(42)49/h3-31H,1-2H3. The lowest BCUT2D eigenvalue weighted by atomic mass is 10.1. The van der Waals surface area contributed by atoms with Gasteiger partial charge in [0.1, 0.15) is 0 Å². The average Bonchev–Trinajstić information content (AvgIpc) is 3.70. The fourth-order valence-corrected chi connectivity index (χ4v) is 7.21. The van der Waals surface area contributed by atoms with Gasteiger partial charge in [0.05, 0.1) is 22.2 Å². The molecule has 0 saturated carbocycles. The van der Waals surface area contributed by atoms with Gasteiger partial charge >= 0.3 is 0 Å². The number of aromatic nitrogens is 2. The zero-order chi connectivity index (χ0) is 32.9. The van der Waals surface area contributed by atoms with Crippen LogP contribution in [0.3, 0.4) is 0 Å². The van der Waals surface area contributed by atoms with Crippen LogP contribution < -0.4 is 4.90 Å². The molecule has 0 saturated heterocycles. The second-order valence-electron chi connectivity index (χ2n) is 12.9. The maximum atomic E-state index is 2.39. The Morgan fingerprint density at radius 2 is 0.816 bits per heavy atom. The topological polar surface area (TPSA) is 13.1 Å². The van der Waals surface area contributed by atoms with E-state index in [2.05, 4.69) is 204 Å². The lowest BCUT2D eigenvalue weighted by molar-refractivity contribution is 1.13. The first kappa shape index (κ1) is 28.9. The van der Waals surface area contributed by atoms with Crippen LogP contribution in [0, 0.1) is 13.8 Å². The lowest BCUT2D eigenvalue weighted by Gasteiger charge is -2.26. The zero-order valence-corrected chi connectivity index (χ0v) is 27.6. The quantitative estimate of drug-likeness (QED) is 0.178. The molecule has 0 aliphatic rings. The van der Waals surface area contributed by atoms with E-state index < -0.39 is 0 Å². The number of aryl methyl sites for hydroxylation is 2. The number of fused-ring (bicyclic) bond motifs is 4. The van der Waals surface area contributed by atoms with Crippen LogP contribution in [0.25, 0.3) is 55.3 Å². The van der Waals surface area contributed by atoms with Crippen LogP contribution in [0.5, 0.6) is 0 Å². The van der Waals surface area contributed by atoms with E-state index in [1.807, 2.05) is 0 Å². The van der Waals surface area contributed by atoms with Gasteiger partial charge in [0.2, 0.25) is 0 Å². The number of hydrogen-bond donors (Lipinski definition) is 0. The molecule has 0 radical (unpaired) electrons. The van der Waals surface area contributed by atoms with E-state index in [0.717, 1.165) is 34.1 Å². The number of anilines is 3. The van der Waals surface area contributed by atoms with Crippen LogP contribution in [0.1, 0.15) is 11.1 Å². The normalized spacial score (nSPS) is 11.5. The van der Waals surface area contributed by atoms with Crippen LogP contribution in [-0.2, 0) is 0 Å². The number of para-hydroxylation sites is 3. The third-order valence-electron chi connectivity index (χ3n) is 9.66. The Hall–Kier alpha value is -6.32. The van der Waals surface area contributed by atoms with Gasteiger partial charge in [-0.1, -0.05) is 102 Å². The highest BCUT2D eigenvalue weighted by atomic mass is 15.1. The Morgan fingerprint density at radius 1 is 0.388 bits per heavy atom. The van der Waals surface area contributed by atoms with Crippen LogP contribution in [0.15, 0.2) is 176 Å². The summed E-state index contributed by atoms with van der Waals surface area (Å²) >= 11 is 0. The fourth-order valence-electron chi connectivity index (χ4n) is 7.21. The molecular formula is C46H35N3. The van der Waals surface area contributed by atoms with Crippen molar-refractivity contribution in [2.24, 2.45) is 0 Å². The van der Waals surface area contributed by atoms with Crippen LogP contribution in [-0.4, -0.2) is 9.13 Å². The maximum Gasteiger partial charge on any atom is 0.0541 e. The Morgan fingerprint density at radius 3 is 1.37 bits per heavy atom. The molecule has 0 fully saturated rings. The summed E-state index contributed by atoms with van der Waals surface area (Å²) in [4.78, 5) is 2.32. The third kappa shape index (κ3) is 4.99. The van der Waals surface area contributed by atoms with E-state index in [-0.39, 0.29) is 0 Å². The average molecular weight is 630 g/mol. The van der Waals surface area contributed by atoms with Crippen molar-refractivity contribution in [2.75, 3.05) is 4.90 Å². The first-order valence-electron chi connectivity index (χ1n) is 16.9. The van der Waals surface area contributed by atoms with Crippen molar-refractivity contribution in [3.05, 3.63) is 187 Å². The highest BCUT2D eigenvalue weighted by molar-refractivity contribution is 6.09. The minimum absolute atomic E-state index is 1.12. The minimum atomic E-state index is 1.12. The highest BCUT2D eigenvalue weighted by Gasteiger charge is 2.17. The fraction of sp³-hybridized carbons (Fsp3) is 0.0435. The molecule has 0 atom stereocenters. The van der Waals surface area contributed by atoms with Gasteiger partial charge in [-0.15, -0.1) is 0 Å². The largest absolute Gasteiger partial charge is 0.311 e. The maximum absolute atomic E-state index is 2.39. The van der Waals surface area contributed by atoms with Gasteiger partial charge in [-0.25, -0.2) is 0 Å². The molecule has 0 aliphatic carbocycles. The third-order valence-corrected chi connectivity index (χ3v) is 9.66. The number of rotatable bonds is 6. The summed E-state index contributed by atoms with van der Waals surface area (Å²) in [5.74, 6) is 0. The van der Waals surface area contributed by atoms with Crippen LogP contribution >= 0.6 is 0 Å². The first-order chi connectivity index (χ1) is 24.1. The van der Waals surface area contributed by atoms with Crippen molar-refractivity contribution in [2.45, 2.75) is 13.8 Å². The van der Waals surface area contributed by atoms with Crippen molar-refractivity contribution < 1.29 is 0 Å². The van der Waals surface area contributed by atoms with Gasteiger partial charge in [0, 0.05) is 44.6 Å². The molecule has 9 rings (SSSR count). The van der Waals surface area contributed by atoms with E-state index >= 15 is 0 Å². The molecule has 0 unspecified atom stereocenters. The van der Waals surface area contributed by atoms with E-state index in [4.69, 9.17) is 0 Å². The Labute approximate surface area is 286 Å². The summed E-state index contributed by atoms with van der Waals surface area (Å²) < 4.78 is 4.76. The summed E-state index contributed by atoms with van der Waals surface area (Å²) in [5.41, 5.74) is 14.1. The molecule has 0 spiro atoms. The van der Waals surface area contributed by atoms with Gasteiger partial charge < -0.3 is 14.0 Å². The number of nitrogens with zero attached hydrogens (tertiary/aromatic N) is 3. The molecule has 2 heterocycles. The van der Waals surface area contributed by atoms with Crippen LogP contribution in [0.4, 0.5) is 17.1 Å². The van der Waals surface area contributed by atoms with Crippen molar-refractivity contribution >= 4 is 49.8 Å². The molecule has 0 aliphatic heterocycles. The second-order valence-corrected chi connectivity index (χ2v) is 12.9. The predicted octanol–water partition coefficient (Wildman–Crippen LogP) is 12.5. The summed E-state index contributed by atoms with van der Waals surface area (Å²) in [7, 11) is 0. The molecule has 49 heavy (non-hydrogen) atoms. The number of hydrogen-bond acceptors (Lipinski definition) is 1. The molecule has 9 aromatic rings. The predicted molar refractivity (Wildman–Crippen MR) is 207 cm³/mol. The Bertz CT molecular complexity index is 2490. The van der Waals surface area contributed by atoms with E-state index in [1.54, 1.807) is 0 Å². The molecule has 3 heteroatoms. The lowest BCUT2D eigenvalue weighted by Crippen LogP contribution is -2.10. The second kappa shape index (κ2) is 11.7. The number of benzene rings is 7. The van der Waals surface area contributed by atoms with Crippen molar-refractivity contribution in [3.63, 3.8) is 0 Å². The van der Waals surface area contributed by atoms with Gasteiger partial charge in [0.25, 0.3) is 0 Å². The summed E-state index contributed by atoms with van der Waals surface area (Å²) in [6.07, 6.45) is 0. The van der Waals surface area contributed by atoms with E-state index in [0.29, 0.717) is 0 Å². The van der Waals surface area contributed by atoms with Gasteiger partial charge in [-0.2, -0.15) is 0 Å². The smallest absolute Gasteiger partial charge is 0.0541 e. The molecule has 0 bridgehead atoms. The van der Waals surface area contributed by atoms with Crippen molar-refractivity contribution in [3.8, 4) is 22.6 Å². The Kier molecular flexibility index (Phi) is 6.91. The van der Waals surface area contributed by atoms with Gasteiger partial charge in [-0.3, -0.25) is 0 Å². The molecule has 234 valence electrons. The van der Waals surface area contributed by atoms with E-state index in [9.17, 15) is 0 Å². The van der Waals surface area contributed by atoms with Gasteiger partial charge in [-0.05, 0) is 104 Å². The van der Waals surface area contributed by atoms with Crippen molar-refractivity contribution in [1.82, 2.24) is 9.13 Å². The molecule has 3 nitrogen and oxygen atoms in total. The molecule has 0 N–H and O–H groups in total. The molecular weight excluding hydrogens is 595 g/mol. The molecule has 2 aromatic heterocycles. The molecule has 7 aromatic carbocycles. The Balaban J connectivity index is 1.14. The SMILES string of the molecule is Cc1ccc(N(c2ccc(C)cc2)c2ccc(-n3c(-c4ccc(-n5c6ccccc6c6ccccc65)cc4)cc4ccccc43)cc2)cc1. The van der Waals surface area contributed by atoms with Crippen molar-refractivity contribution in [1.29, 1.82) is 0 Å². The van der Waals surface area contributed by atoms with E-state index in [1.165, 1.54) is 49.4 Å².